The summed E-state index contributed by atoms with van der Waals surface area (Å²) in [7, 11) is 0. The topological polar surface area (TPSA) is 111 Å². The Balaban J connectivity index is 1.62. The molecule has 11 heteroatoms. The Morgan fingerprint density at radius 1 is 1.21 bits per heavy atom. The van der Waals surface area contributed by atoms with Crippen LogP contribution in [-0.4, -0.2) is 28.2 Å². The van der Waals surface area contributed by atoms with Gasteiger partial charge in [-0.15, -0.1) is 0 Å². The number of carboxylic acid groups (broad SMARTS) is 1. The number of carbonyl (C=O) groups is 2. The molecule has 0 aliphatic carbocycles. The molecular formula is C28H20ClFN2O6S. The highest BCUT2D eigenvalue weighted by Crippen LogP contribution is 2.32. The van der Waals surface area contributed by atoms with E-state index in [9.17, 15) is 23.9 Å². The summed E-state index contributed by atoms with van der Waals surface area (Å²) in [5.41, 5.74) is 1.12. The summed E-state index contributed by atoms with van der Waals surface area (Å²) in [6.07, 6.45) is 1.54. The first-order valence-corrected chi connectivity index (χ1v) is 13.0. The van der Waals surface area contributed by atoms with Crippen LogP contribution < -0.4 is 14.9 Å². The Morgan fingerprint density at radius 3 is 2.64 bits per heavy atom. The number of carboxylic acids is 1. The van der Waals surface area contributed by atoms with Crippen molar-refractivity contribution in [3.05, 3.63) is 113 Å². The Kier molecular flexibility index (Phi) is 7.07. The number of furan rings is 1. The largest absolute Gasteiger partial charge is 0.478 e. The molecule has 2 aromatic carbocycles. The van der Waals surface area contributed by atoms with Gasteiger partial charge in [0.05, 0.1) is 39.0 Å². The van der Waals surface area contributed by atoms with E-state index >= 15 is 0 Å². The Bertz CT molecular complexity index is 1830. The number of thiazole rings is 1. The van der Waals surface area contributed by atoms with Crippen molar-refractivity contribution in [2.45, 2.75) is 19.9 Å². The second-order valence-corrected chi connectivity index (χ2v) is 9.97. The van der Waals surface area contributed by atoms with E-state index < -0.39 is 29.4 Å². The number of aromatic carboxylic acids is 1. The minimum absolute atomic E-state index is 0.0502. The van der Waals surface area contributed by atoms with Crippen LogP contribution >= 0.6 is 22.9 Å². The number of aromatic nitrogens is 1. The van der Waals surface area contributed by atoms with Crippen LogP contribution in [0.1, 0.15) is 41.6 Å². The number of halogens is 2. The van der Waals surface area contributed by atoms with Gasteiger partial charge in [0.2, 0.25) is 0 Å². The van der Waals surface area contributed by atoms with Gasteiger partial charge in [-0.05, 0) is 61.9 Å². The van der Waals surface area contributed by atoms with Gasteiger partial charge in [0.15, 0.2) is 4.80 Å². The fourth-order valence-corrected chi connectivity index (χ4v) is 5.54. The molecule has 0 fully saturated rings. The molecule has 1 atom stereocenters. The predicted molar refractivity (Wildman–Crippen MR) is 143 cm³/mol. The quantitative estimate of drug-likeness (QED) is 0.343. The van der Waals surface area contributed by atoms with Crippen molar-refractivity contribution in [3.8, 4) is 11.3 Å². The molecule has 198 valence electrons. The average Bonchev–Trinajstić information content (AvgIpc) is 3.48. The summed E-state index contributed by atoms with van der Waals surface area (Å²) >= 11 is 7.37. The van der Waals surface area contributed by atoms with Crippen LogP contribution in [0.15, 0.2) is 80.1 Å². The summed E-state index contributed by atoms with van der Waals surface area (Å²) in [5.74, 6) is -1.52. The first kappa shape index (κ1) is 26.3. The SMILES string of the molecule is CCOC(=O)C1=C(C)N=c2s/c(=C/c3ccc(-c4cc(C(=O)O)ccc4Cl)o3)c(=O)n2[C@H]1c1ccc(F)cc1. The first-order valence-electron chi connectivity index (χ1n) is 11.8. The maximum Gasteiger partial charge on any atom is 0.338 e. The molecule has 39 heavy (non-hydrogen) atoms. The van der Waals surface area contributed by atoms with Crippen molar-refractivity contribution >= 4 is 41.0 Å². The number of carbonyl (C=O) groups excluding carboxylic acids is 1. The molecule has 0 saturated heterocycles. The van der Waals surface area contributed by atoms with Gasteiger partial charge in [-0.1, -0.05) is 35.1 Å². The van der Waals surface area contributed by atoms with Crippen LogP contribution in [-0.2, 0) is 9.53 Å². The van der Waals surface area contributed by atoms with E-state index in [1.54, 1.807) is 26.0 Å². The smallest absolute Gasteiger partial charge is 0.338 e. The molecule has 0 unspecified atom stereocenters. The number of hydrogen-bond donors (Lipinski definition) is 1. The number of allylic oxidation sites excluding steroid dienone is 1. The predicted octanol–water partition coefficient (Wildman–Crippen LogP) is 4.55. The molecule has 2 aromatic heterocycles. The van der Waals surface area contributed by atoms with Crippen molar-refractivity contribution < 1.29 is 28.2 Å². The molecule has 0 saturated carbocycles. The van der Waals surface area contributed by atoms with E-state index in [0.717, 1.165) is 11.3 Å². The maximum absolute atomic E-state index is 13.7. The zero-order chi connectivity index (χ0) is 27.8. The van der Waals surface area contributed by atoms with E-state index in [1.165, 1.54) is 53.1 Å². The monoisotopic (exact) mass is 566 g/mol. The molecule has 4 aromatic rings. The molecular weight excluding hydrogens is 547 g/mol. The van der Waals surface area contributed by atoms with Crippen LogP contribution in [0.4, 0.5) is 4.39 Å². The lowest BCUT2D eigenvalue weighted by atomic mass is 9.96. The van der Waals surface area contributed by atoms with E-state index in [0.29, 0.717) is 38.2 Å². The van der Waals surface area contributed by atoms with E-state index in [4.69, 9.17) is 20.8 Å². The summed E-state index contributed by atoms with van der Waals surface area (Å²) < 4.78 is 26.5. The summed E-state index contributed by atoms with van der Waals surface area (Å²) in [4.78, 5) is 42.8. The third kappa shape index (κ3) is 4.96. The number of esters is 1. The van der Waals surface area contributed by atoms with Crippen molar-refractivity contribution in [3.63, 3.8) is 0 Å². The van der Waals surface area contributed by atoms with Crippen molar-refractivity contribution in [2.24, 2.45) is 4.99 Å². The van der Waals surface area contributed by atoms with Gasteiger partial charge < -0.3 is 14.3 Å². The molecule has 0 amide bonds. The molecule has 0 spiro atoms. The minimum Gasteiger partial charge on any atom is -0.478 e. The van der Waals surface area contributed by atoms with E-state index in [-0.39, 0.29) is 22.3 Å². The maximum atomic E-state index is 13.7. The zero-order valence-electron chi connectivity index (χ0n) is 20.6. The minimum atomic E-state index is -1.10. The Hall–Kier alpha value is -4.28. The number of fused-ring (bicyclic) bond motifs is 1. The van der Waals surface area contributed by atoms with E-state index in [1.807, 2.05) is 0 Å². The summed E-state index contributed by atoms with van der Waals surface area (Å²) in [6.45, 7) is 3.47. The van der Waals surface area contributed by atoms with Crippen molar-refractivity contribution in [1.82, 2.24) is 4.57 Å². The van der Waals surface area contributed by atoms with Crippen LogP contribution in [0.2, 0.25) is 5.02 Å². The van der Waals surface area contributed by atoms with Gasteiger partial charge in [-0.25, -0.2) is 19.0 Å². The lowest BCUT2D eigenvalue weighted by Gasteiger charge is -2.24. The number of rotatable bonds is 6. The molecule has 1 N–H and O–H groups in total. The van der Waals surface area contributed by atoms with Gasteiger partial charge in [0.25, 0.3) is 5.56 Å². The lowest BCUT2D eigenvalue weighted by Crippen LogP contribution is -2.39. The van der Waals surface area contributed by atoms with Crippen molar-refractivity contribution in [1.29, 1.82) is 0 Å². The number of benzene rings is 2. The van der Waals surface area contributed by atoms with Crippen LogP contribution in [0.3, 0.4) is 0 Å². The highest BCUT2D eigenvalue weighted by molar-refractivity contribution is 7.07. The molecule has 8 nitrogen and oxygen atoms in total. The molecule has 1 aliphatic heterocycles. The van der Waals surface area contributed by atoms with Gasteiger partial charge in [-0.3, -0.25) is 9.36 Å². The van der Waals surface area contributed by atoms with Gasteiger partial charge in [-0.2, -0.15) is 0 Å². The fraction of sp³-hybridized carbons (Fsp3) is 0.143. The Labute approximate surface area is 229 Å². The Morgan fingerprint density at radius 2 is 1.95 bits per heavy atom. The number of hydrogen-bond acceptors (Lipinski definition) is 7. The van der Waals surface area contributed by atoms with E-state index in [2.05, 4.69) is 4.99 Å². The summed E-state index contributed by atoms with van der Waals surface area (Å²) in [6, 6.07) is 12.2. The van der Waals surface area contributed by atoms with Crippen LogP contribution in [0.5, 0.6) is 0 Å². The van der Waals surface area contributed by atoms with Gasteiger partial charge in [0, 0.05) is 11.6 Å². The lowest BCUT2D eigenvalue weighted by molar-refractivity contribution is -0.139. The third-order valence-corrected chi connectivity index (χ3v) is 7.39. The number of ether oxygens (including phenoxy) is 1. The highest BCUT2D eigenvalue weighted by Gasteiger charge is 2.33. The fourth-order valence-electron chi connectivity index (χ4n) is 4.30. The molecule has 5 rings (SSSR count). The zero-order valence-corrected chi connectivity index (χ0v) is 22.2. The van der Waals surface area contributed by atoms with Crippen LogP contribution in [0, 0.1) is 5.82 Å². The third-order valence-electron chi connectivity index (χ3n) is 6.08. The first-order chi connectivity index (χ1) is 18.7. The molecule has 0 radical (unpaired) electrons. The second-order valence-electron chi connectivity index (χ2n) is 8.56. The normalized spacial score (nSPS) is 15.2. The van der Waals surface area contributed by atoms with Crippen molar-refractivity contribution in [2.75, 3.05) is 6.61 Å². The second kappa shape index (κ2) is 10.5. The standard InChI is InChI=1S/C28H20ClFN2O6S/c1-3-37-27(36)23-14(2)31-28-32(24(23)15-4-7-17(30)8-5-15)25(33)22(39-28)13-18-9-11-21(38-18)19-12-16(26(34)35)6-10-20(19)29/h4-13,24H,3H2,1-2H3,(H,34,35)/b22-13+/t24-/m0/s1. The summed E-state index contributed by atoms with van der Waals surface area (Å²) in [5, 5.41) is 9.61. The highest BCUT2D eigenvalue weighted by atomic mass is 35.5. The molecule has 1 aliphatic rings. The van der Waals surface area contributed by atoms with Crippen LogP contribution in [0.25, 0.3) is 17.4 Å². The number of nitrogens with zero attached hydrogens (tertiary/aromatic N) is 2. The molecule has 3 heterocycles. The van der Waals surface area contributed by atoms with Gasteiger partial charge >= 0.3 is 11.9 Å². The molecule has 0 bridgehead atoms. The average molecular weight is 567 g/mol. The van der Waals surface area contributed by atoms with Gasteiger partial charge in [0.1, 0.15) is 17.3 Å².